The first kappa shape index (κ1) is 16.3. The first-order chi connectivity index (χ1) is 11.6. The summed E-state index contributed by atoms with van der Waals surface area (Å²) in [5, 5.41) is 7.59. The second-order valence-corrected chi connectivity index (χ2v) is 6.30. The third-order valence-corrected chi connectivity index (χ3v) is 4.68. The molecule has 3 rings (SSSR count). The van der Waals surface area contributed by atoms with E-state index in [-0.39, 0.29) is 5.91 Å². The van der Waals surface area contributed by atoms with Gasteiger partial charge in [0.25, 0.3) is 5.91 Å². The molecule has 0 unspecified atom stereocenters. The minimum absolute atomic E-state index is 0.112. The molecule has 1 aromatic heterocycles. The molecule has 0 saturated carbocycles. The summed E-state index contributed by atoms with van der Waals surface area (Å²) in [5.74, 6) is -0.112. The smallest absolute Gasteiger partial charge is 0.256 e. The highest BCUT2D eigenvalue weighted by molar-refractivity contribution is 7.98. The highest BCUT2D eigenvalue weighted by Gasteiger charge is 2.17. The Morgan fingerprint density at radius 1 is 1.04 bits per heavy atom. The predicted molar refractivity (Wildman–Crippen MR) is 99.2 cm³/mol. The molecule has 1 heterocycles. The molecule has 0 atom stereocenters. The van der Waals surface area contributed by atoms with E-state index in [2.05, 4.69) is 10.4 Å². The molecule has 0 aliphatic heterocycles. The monoisotopic (exact) mass is 337 g/mol. The molecular weight excluding hydrogens is 318 g/mol. The second kappa shape index (κ2) is 6.93. The number of nitrogens with zero attached hydrogens (tertiary/aromatic N) is 2. The zero-order valence-electron chi connectivity index (χ0n) is 13.9. The minimum Gasteiger partial charge on any atom is -0.319 e. The molecule has 0 radical (unpaired) electrons. The maximum atomic E-state index is 12.7. The van der Waals surface area contributed by atoms with Gasteiger partial charge in [-0.1, -0.05) is 30.3 Å². The number of nitrogens with one attached hydrogen (secondary N) is 1. The van der Waals surface area contributed by atoms with Crippen LogP contribution in [-0.2, 0) is 0 Å². The summed E-state index contributed by atoms with van der Waals surface area (Å²) in [4.78, 5) is 13.6. The summed E-state index contributed by atoms with van der Waals surface area (Å²) in [6, 6.07) is 17.5. The van der Waals surface area contributed by atoms with Crippen molar-refractivity contribution < 1.29 is 4.79 Å². The van der Waals surface area contributed by atoms with Gasteiger partial charge in [-0.25, -0.2) is 4.68 Å². The molecule has 1 N–H and O–H groups in total. The molecule has 0 aliphatic carbocycles. The maximum absolute atomic E-state index is 12.7. The molecule has 3 aromatic rings. The molecule has 4 nitrogen and oxygen atoms in total. The predicted octanol–water partition coefficient (Wildman–Crippen LogP) is 4.46. The van der Waals surface area contributed by atoms with Crippen molar-refractivity contribution in [3.05, 3.63) is 71.5 Å². The summed E-state index contributed by atoms with van der Waals surface area (Å²) < 4.78 is 1.85. The lowest BCUT2D eigenvalue weighted by atomic mass is 10.2. The molecule has 0 saturated heterocycles. The van der Waals surface area contributed by atoms with Gasteiger partial charge in [-0.3, -0.25) is 4.79 Å². The molecule has 0 fully saturated rings. The van der Waals surface area contributed by atoms with Crippen LogP contribution in [0.4, 0.5) is 5.69 Å². The average molecular weight is 337 g/mol. The van der Waals surface area contributed by atoms with Crippen molar-refractivity contribution in [2.75, 3.05) is 11.6 Å². The Hall–Kier alpha value is -2.53. The van der Waals surface area contributed by atoms with E-state index in [1.54, 1.807) is 11.8 Å². The topological polar surface area (TPSA) is 46.9 Å². The van der Waals surface area contributed by atoms with Crippen LogP contribution in [0.2, 0.25) is 0 Å². The lowest BCUT2D eigenvalue weighted by Gasteiger charge is -2.09. The largest absolute Gasteiger partial charge is 0.319 e. The van der Waals surface area contributed by atoms with Crippen LogP contribution in [0.1, 0.15) is 21.7 Å². The molecule has 122 valence electrons. The Morgan fingerprint density at radius 3 is 2.42 bits per heavy atom. The molecule has 1 amide bonds. The summed E-state index contributed by atoms with van der Waals surface area (Å²) in [6.45, 7) is 3.87. The van der Waals surface area contributed by atoms with Gasteiger partial charge >= 0.3 is 0 Å². The molecular formula is C19H19N3OS. The van der Waals surface area contributed by atoms with Crippen LogP contribution in [0.5, 0.6) is 0 Å². The van der Waals surface area contributed by atoms with Crippen LogP contribution in [-0.4, -0.2) is 21.9 Å². The van der Waals surface area contributed by atoms with E-state index in [0.717, 1.165) is 27.7 Å². The first-order valence-corrected chi connectivity index (χ1v) is 8.90. The van der Waals surface area contributed by atoms with Crippen molar-refractivity contribution in [3.63, 3.8) is 0 Å². The number of anilines is 1. The number of rotatable bonds is 4. The van der Waals surface area contributed by atoms with Crippen molar-refractivity contribution in [3.8, 4) is 5.69 Å². The first-order valence-electron chi connectivity index (χ1n) is 7.68. The van der Waals surface area contributed by atoms with Crippen LogP contribution < -0.4 is 5.32 Å². The van der Waals surface area contributed by atoms with Crippen molar-refractivity contribution in [2.24, 2.45) is 0 Å². The number of para-hydroxylation sites is 1. The fraction of sp³-hybridized carbons (Fsp3) is 0.158. The lowest BCUT2D eigenvalue weighted by molar-refractivity contribution is 0.102. The van der Waals surface area contributed by atoms with Gasteiger partial charge in [0.05, 0.1) is 28.3 Å². The highest BCUT2D eigenvalue weighted by atomic mass is 32.2. The Kier molecular flexibility index (Phi) is 4.71. The Balaban J connectivity index is 1.94. The van der Waals surface area contributed by atoms with Crippen molar-refractivity contribution in [2.45, 2.75) is 18.7 Å². The van der Waals surface area contributed by atoms with E-state index in [4.69, 9.17) is 0 Å². The van der Waals surface area contributed by atoms with E-state index in [1.165, 1.54) is 0 Å². The van der Waals surface area contributed by atoms with E-state index < -0.39 is 0 Å². The van der Waals surface area contributed by atoms with E-state index >= 15 is 0 Å². The zero-order chi connectivity index (χ0) is 17.1. The van der Waals surface area contributed by atoms with Gasteiger partial charge in [-0.15, -0.1) is 11.8 Å². The number of benzene rings is 2. The average Bonchev–Trinajstić information content (AvgIpc) is 2.90. The van der Waals surface area contributed by atoms with Crippen LogP contribution in [0.3, 0.4) is 0 Å². The summed E-state index contributed by atoms with van der Waals surface area (Å²) in [6.07, 6.45) is 1.97. The van der Waals surface area contributed by atoms with Gasteiger partial charge < -0.3 is 5.32 Å². The third-order valence-electron chi connectivity index (χ3n) is 3.88. The fourth-order valence-corrected chi connectivity index (χ4v) is 3.25. The van der Waals surface area contributed by atoms with Gasteiger partial charge in [0.15, 0.2) is 0 Å². The second-order valence-electron chi connectivity index (χ2n) is 5.45. The zero-order valence-corrected chi connectivity index (χ0v) is 14.7. The number of hydrogen-bond acceptors (Lipinski definition) is 3. The van der Waals surface area contributed by atoms with E-state index in [9.17, 15) is 4.79 Å². The number of aromatic nitrogens is 2. The summed E-state index contributed by atoms with van der Waals surface area (Å²) in [5.41, 5.74) is 4.12. The molecule has 0 bridgehead atoms. The highest BCUT2D eigenvalue weighted by Crippen LogP contribution is 2.25. The third kappa shape index (κ3) is 3.08. The lowest BCUT2D eigenvalue weighted by Crippen LogP contribution is -2.14. The standard InChI is InChI=1S/C19H19N3OS/c1-13-18(14(2)22(21-13)15-9-5-4-6-10-15)20-19(23)16-11-7-8-12-17(16)24-3/h4-12H,1-3H3,(H,20,23). The number of aryl methyl sites for hydroxylation is 1. The van der Waals surface area contributed by atoms with Gasteiger partial charge in [0, 0.05) is 4.90 Å². The van der Waals surface area contributed by atoms with Crippen LogP contribution >= 0.6 is 11.8 Å². The van der Waals surface area contributed by atoms with Gasteiger partial charge in [-0.2, -0.15) is 5.10 Å². The number of hydrogen-bond donors (Lipinski definition) is 1. The van der Waals surface area contributed by atoms with Crippen LogP contribution in [0.15, 0.2) is 59.5 Å². The SMILES string of the molecule is CSc1ccccc1C(=O)Nc1c(C)nn(-c2ccccc2)c1C. The molecule has 0 spiro atoms. The summed E-state index contributed by atoms with van der Waals surface area (Å²) >= 11 is 1.56. The van der Waals surface area contributed by atoms with E-state index in [0.29, 0.717) is 5.56 Å². The quantitative estimate of drug-likeness (QED) is 0.715. The van der Waals surface area contributed by atoms with Gasteiger partial charge in [0.1, 0.15) is 0 Å². The van der Waals surface area contributed by atoms with Crippen LogP contribution in [0.25, 0.3) is 5.69 Å². The van der Waals surface area contributed by atoms with Gasteiger partial charge in [-0.05, 0) is 44.4 Å². The summed E-state index contributed by atoms with van der Waals surface area (Å²) in [7, 11) is 0. The normalized spacial score (nSPS) is 10.6. The molecule has 2 aromatic carbocycles. The number of amides is 1. The Bertz CT molecular complexity index is 872. The van der Waals surface area contributed by atoms with Crippen LogP contribution in [0, 0.1) is 13.8 Å². The molecule has 0 aliphatic rings. The van der Waals surface area contributed by atoms with Crippen molar-refractivity contribution in [1.29, 1.82) is 0 Å². The number of carbonyl (C=O) groups excluding carboxylic acids is 1. The number of thioether (sulfide) groups is 1. The Labute approximate surface area is 145 Å². The number of carbonyl (C=O) groups is 1. The minimum atomic E-state index is -0.112. The molecule has 5 heteroatoms. The van der Waals surface area contributed by atoms with Gasteiger partial charge in [0.2, 0.25) is 0 Å². The molecule has 24 heavy (non-hydrogen) atoms. The van der Waals surface area contributed by atoms with E-state index in [1.807, 2.05) is 79.4 Å². The van der Waals surface area contributed by atoms with Crippen molar-refractivity contribution >= 4 is 23.4 Å². The van der Waals surface area contributed by atoms with Crippen molar-refractivity contribution in [1.82, 2.24) is 9.78 Å². The Morgan fingerprint density at radius 2 is 1.71 bits per heavy atom. The fourth-order valence-electron chi connectivity index (χ4n) is 2.66. The maximum Gasteiger partial charge on any atom is 0.256 e.